The number of aromatic nitrogens is 3. The molecule has 27 heavy (non-hydrogen) atoms. The predicted molar refractivity (Wildman–Crippen MR) is 104 cm³/mol. The highest BCUT2D eigenvalue weighted by Gasteiger charge is 2.32. The van der Waals surface area contributed by atoms with Crippen LogP contribution >= 0.6 is 0 Å². The highest BCUT2D eigenvalue weighted by molar-refractivity contribution is 7.92. The Kier molecular flexibility index (Phi) is 5.43. The Morgan fingerprint density at radius 2 is 1.89 bits per heavy atom. The van der Waals surface area contributed by atoms with Crippen LogP contribution in [0.2, 0.25) is 0 Å². The Labute approximate surface area is 161 Å². The first-order chi connectivity index (χ1) is 13.1. The molecule has 0 N–H and O–H groups in total. The maximum Gasteiger partial charge on any atom is 0.271 e. The minimum Gasteiger partial charge on any atom is -0.610 e. The molecular weight excluding hydrogens is 363 g/mol. The first-order valence-corrected chi connectivity index (χ1v) is 10.5. The van der Waals surface area contributed by atoms with Crippen molar-refractivity contribution >= 4 is 22.2 Å². The number of pyridine rings is 1. The van der Waals surface area contributed by atoms with E-state index in [0.29, 0.717) is 5.03 Å². The standard InChI is InChI=1S/C20H23FN4OS/c1-24-14-23-18-6-10-22-20(19(18)24)27(26)17-8-12-25(13-9-17)11-7-15-2-4-16(21)5-3-15/h2-6,10,14,17H,7-9,11-13H2,1H3. The zero-order valence-electron chi connectivity index (χ0n) is 15.3. The van der Waals surface area contributed by atoms with Gasteiger partial charge in [0.2, 0.25) is 0 Å². The van der Waals surface area contributed by atoms with Crippen LogP contribution < -0.4 is 0 Å². The summed E-state index contributed by atoms with van der Waals surface area (Å²) in [7, 11) is 1.91. The topological polar surface area (TPSA) is 57.0 Å². The number of fused-ring (bicyclic) bond motifs is 1. The van der Waals surface area contributed by atoms with Crippen molar-refractivity contribution in [1.29, 1.82) is 0 Å². The van der Waals surface area contributed by atoms with Gasteiger partial charge in [-0.3, -0.25) is 0 Å². The Morgan fingerprint density at radius 3 is 2.63 bits per heavy atom. The van der Waals surface area contributed by atoms with Gasteiger partial charge >= 0.3 is 0 Å². The van der Waals surface area contributed by atoms with Crippen LogP contribution in [0.1, 0.15) is 18.4 Å². The molecule has 3 heterocycles. The summed E-state index contributed by atoms with van der Waals surface area (Å²) in [5, 5.41) is 0.775. The molecular formula is C20H23FN4OS. The fourth-order valence-electron chi connectivity index (χ4n) is 3.66. The highest BCUT2D eigenvalue weighted by atomic mass is 32.2. The molecule has 0 spiro atoms. The van der Waals surface area contributed by atoms with Crippen LogP contribution in [0.5, 0.6) is 0 Å². The van der Waals surface area contributed by atoms with Crippen LogP contribution in [0.3, 0.4) is 0 Å². The molecule has 1 aliphatic heterocycles. The van der Waals surface area contributed by atoms with Crippen molar-refractivity contribution in [2.75, 3.05) is 19.6 Å². The van der Waals surface area contributed by atoms with Gasteiger partial charge in [-0.1, -0.05) is 12.1 Å². The van der Waals surface area contributed by atoms with Crippen molar-refractivity contribution in [2.45, 2.75) is 29.5 Å². The van der Waals surface area contributed by atoms with Crippen molar-refractivity contribution in [3.63, 3.8) is 0 Å². The van der Waals surface area contributed by atoms with Gasteiger partial charge in [-0.25, -0.2) is 14.4 Å². The summed E-state index contributed by atoms with van der Waals surface area (Å²) in [5.74, 6) is -0.195. The minimum atomic E-state index is -1.13. The third-order valence-corrected chi connectivity index (χ3v) is 7.01. The van der Waals surface area contributed by atoms with Crippen LogP contribution in [0, 0.1) is 5.82 Å². The fraction of sp³-hybridized carbons (Fsp3) is 0.400. The van der Waals surface area contributed by atoms with E-state index in [9.17, 15) is 8.94 Å². The summed E-state index contributed by atoms with van der Waals surface area (Å²) >= 11 is -1.13. The fourth-order valence-corrected chi connectivity index (χ4v) is 5.22. The Morgan fingerprint density at radius 1 is 1.15 bits per heavy atom. The van der Waals surface area contributed by atoms with E-state index in [1.54, 1.807) is 12.5 Å². The molecule has 1 aliphatic rings. The largest absolute Gasteiger partial charge is 0.610 e. The SMILES string of the molecule is Cn1cnc2ccnc([S+]([O-])C3CCN(CCc4ccc(F)cc4)CC3)c21. The molecule has 3 aromatic rings. The second-order valence-corrected chi connectivity index (χ2v) is 8.70. The molecule has 7 heteroatoms. The van der Waals surface area contributed by atoms with Crippen LogP contribution in [0.25, 0.3) is 11.0 Å². The van der Waals surface area contributed by atoms with E-state index in [2.05, 4.69) is 14.9 Å². The molecule has 142 valence electrons. The maximum absolute atomic E-state index is 13.1. The van der Waals surface area contributed by atoms with Crippen LogP contribution in [0.4, 0.5) is 4.39 Å². The normalized spacial score (nSPS) is 17.4. The average Bonchev–Trinajstić information content (AvgIpc) is 3.09. The molecule has 0 saturated carbocycles. The number of piperidine rings is 1. The first-order valence-electron chi connectivity index (χ1n) is 9.25. The predicted octanol–water partition coefficient (Wildman–Crippen LogP) is 2.92. The summed E-state index contributed by atoms with van der Waals surface area (Å²) in [4.78, 5) is 11.1. The van der Waals surface area contributed by atoms with Crippen LogP contribution in [0.15, 0.2) is 47.9 Å². The maximum atomic E-state index is 13.1. The molecule has 1 unspecified atom stereocenters. The lowest BCUT2D eigenvalue weighted by Crippen LogP contribution is -2.40. The third-order valence-electron chi connectivity index (χ3n) is 5.25. The average molecular weight is 386 g/mol. The van der Waals surface area contributed by atoms with Gasteiger partial charge in [0.15, 0.2) is 0 Å². The quantitative estimate of drug-likeness (QED) is 0.633. The van der Waals surface area contributed by atoms with Gasteiger partial charge in [0.25, 0.3) is 5.03 Å². The molecule has 5 nitrogen and oxygen atoms in total. The zero-order chi connectivity index (χ0) is 18.8. The van der Waals surface area contributed by atoms with Gasteiger partial charge in [-0.05, 0) is 30.2 Å². The molecule has 0 radical (unpaired) electrons. The van der Waals surface area contributed by atoms with Gasteiger partial charge < -0.3 is 14.0 Å². The number of nitrogens with zero attached hydrogens (tertiary/aromatic N) is 4. The number of aryl methyl sites for hydroxylation is 1. The molecule has 1 fully saturated rings. The summed E-state index contributed by atoms with van der Waals surface area (Å²) in [6.45, 7) is 2.80. The van der Waals surface area contributed by atoms with E-state index < -0.39 is 11.2 Å². The number of likely N-dealkylation sites (tertiary alicyclic amines) is 1. The molecule has 2 aromatic heterocycles. The first kappa shape index (κ1) is 18.4. The summed E-state index contributed by atoms with van der Waals surface area (Å²) < 4.78 is 28.0. The molecule has 1 aromatic carbocycles. The van der Waals surface area contributed by atoms with Gasteiger partial charge in [-0.15, -0.1) is 0 Å². The summed E-state index contributed by atoms with van der Waals surface area (Å²) in [6.07, 6.45) is 6.13. The number of hydrogen-bond acceptors (Lipinski definition) is 4. The number of halogens is 1. The summed E-state index contributed by atoms with van der Waals surface area (Å²) in [6, 6.07) is 8.57. The van der Waals surface area contributed by atoms with Gasteiger partial charge in [0.05, 0.1) is 11.8 Å². The van der Waals surface area contributed by atoms with Crippen molar-refractivity contribution in [3.8, 4) is 0 Å². The Balaban J connectivity index is 1.35. The highest BCUT2D eigenvalue weighted by Crippen LogP contribution is 2.28. The lowest BCUT2D eigenvalue weighted by molar-refractivity contribution is 0.232. The van der Waals surface area contributed by atoms with Gasteiger partial charge in [0.1, 0.15) is 16.6 Å². The summed E-state index contributed by atoms with van der Waals surface area (Å²) in [5.41, 5.74) is 2.86. The van der Waals surface area contributed by atoms with E-state index in [4.69, 9.17) is 0 Å². The van der Waals surface area contributed by atoms with E-state index in [1.165, 1.54) is 12.1 Å². The van der Waals surface area contributed by atoms with Gasteiger partial charge in [0, 0.05) is 56.9 Å². The molecule has 1 saturated heterocycles. The lowest BCUT2D eigenvalue weighted by Gasteiger charge is -2.32. The second kappa shape index (κ2) is 7.96. The van der Waals surface area contributed by atoms with Crippen molar-refractivity contribution in [3.05, 3.63) is 54.2 Å². The Hall–Kier alpha value is -1.96. The smallest absolute Gasteiger partial charge is 0.271 e. The zero-order valence-corrected chi connectivity index (χ0v) is 16.2. The van der Waals surface area contributed by atoms with Crippen LogP contribution in [-0.2, 0) is 24.6 Å². The number of hydrogen-bond donors (Lipinski definition) is 0. The van der Waals surface area contributed by atoms with Gasteiger partial charge in [-0.2, -0.15) is 0 Å². The third kappa shape index (κ3) is 4.00. The number of rotatable bonds is 5. The molecule has 0 bridgehead atoms. The van der Waals surface area contributed by atoms with Crippen LogP contribution in [-0.4, -0.2) is 48.9 Å². The van der Waals surface area contributed by atoms with E-state index in [-0.39, 0.29) is 11.1 Å². The van der Waals surface area contributed by atoms with Crippen molar-refractivity contribution in [1.82, 2.24) is 19.4 Å². The molecule has 0 aliphatic carbocycles. The number of benzene rings is 1. The van der Waals surface area contributed by atoms with E-state index in [0.717, 1.165) is 55.5 Å². The second-order valence-electron chi connectivity index (χ2n) is 7.05. The molecule has 1 atom stereocenters. The monoisotopic (exact) mass is 386 g/mol. The Bertz CT molecular complexity index is 906. The van der Waals surface area contributed by atoms with E-state index >= 15 is 0 Å². The van der Waals surface area contributed by atoms with E-state index in [1.807, 2.05) is 29.8 Å². The molecule has 0 amide bonds. The lowest BCUT2D eigenvalue weighted by atomic mass is 10.1. The van der Waals surface area contributed by atoms with Crippen molar-refractivity contribution in [2.24, 2.45) is 7.05 Å². The molecule has 4 rings (SSSR count). The minimum absolute atomic E-state index is 0.125. The van der Waals surface area contributed by atoms with Crippen molar-refractivity contribution < 1.29 is 8.94 Å². The number of imidazole rings is 1.